The second-order valence-corrected chi connectivity index (χ2v) is 4.45. The molecule has 0 spiro atoms. The number of benzene rings is 1. The number of hydrogen-bond donors (Lipinski definition) is 1. The van der Waals surface area contributed by atoms with E-state index in [1.54, 1.807) is 19.2 Å². The zero-order valence-corrected chi connectivity index (χ0v) is 11.2. The van der Waals surface area contributed by atoms with E-state index < -0.39 is 0 Å². The summed E-state index contributed by atoms with van der Waals surface area (Å²) in [5, 5.41) is 0. The third-order valence-electron chi connectivity index (χ3n) is 3.00. The molecule has 0 saturated carbocycles. The predicted octanol–water partition coefficient (Wildman–Crippen LogP) is 2.77. The molecular weight excluding hydrogens is 240 g/mol. The number of carbonyl (C=O) groups is 1. The van der Waals surface area contributed by atoms with Gasteiger partial charge in [0.15, 0.2) is 6.29 Å². The average molecular weight is 256 g/mol. The summed E-state index contributed by atoms with van der Waals surface area (Å²) >= 11 is 0. The molecule has 0 bridgehead atoms. The molecule has 1 aromatic carbocycles. The summed E-state index contributed by atoms with van der Waals surface area (Å²) in [6.45, 7) is 4.01. The van der Waals surface area contributed by atoms with Crippen LogP contribution in [0.2, 0.25) is 0 Å². The van der Waals surface area contributed by atoms with Crippen LogP contribution in [0.1, 0.15) is 21.5 Å². The summed E-state index contributed by atoms with van der Waals surface area (Å²) in [6, 6.07) is 7.46. The Morgan fingerprint density at radius 2 is 2.00 bits per heavy atom. The Morgan fingerprint density at radius 1 is 1.26 bits per heavy atom. The van der Waals surface area contributed by atoms with Crippen molar-refractivity contribution in [3.63, 3.8) is 0 Å². The molecule has 0 aliphatic carbocycles. The van der Waals surface area contributed by atoms with Gasteiger partial charge in [-0.25, -0.2) is 4.98 Å². The molecule has 0 aliphatic rings. The quantitative estimate of drug-likeness (QED) is 0.857. The number of methoxy groups -OCH3 is 1. The highest BCUT2D eigenvalue weighted by Crippen LogP contribution is 2.33. The Bertz CT molecular complexity index is 636. The van der Waals surface area contributed by atoms with Crippen LogP contribution in [-0.4, -0.2) is 18.4 Å². The Morgan fingerprint density at radius 3 is 2.58 bits per heavy atom. The van der Waals surface area contributed by atoms with E-state index in [4.69, 9.17) is 10.5 Å². The molecule has 98 valence electrons. The molecule has 2 rings (SSSR count). The van der Waals surface area contributed by atoms with Crippen molar-refractivity contribution < 1.29 is 9.53 Å². The number of nitrogens with two attached hydrogens (primary N) is 1. The molecule has 0 aliphatic heterocycles. The van der Waals surface area contributed by atoms with Gasteiger partial charge in [0, 0.05) is 5.56 Å². The lowest BCUT2D eigenvalue weighted by molar-refractivity contribution is 0.112. The third-order valence-corrected chi connectivity index (χ3v) is 3.00. The van der Waals surface area contributed by atoms with E-state index in [9.17, 15) is 4.79 Å². The Hall–Kier alpha value is -2.36. The zero-order chi connectivity index (χ0) is 14.0. The van der Waals surface area contributed by atoms with Gasteiger partial charge in [0.1, 0.15) is 11.6 Å². The first-order valence-electron chi connectivity index (χ1n) is 5.94. The number of aryl methyl sites for hydroxylation is 2. The highest BCUT2D eigenvalue weighted by Gasteiger charge is 2.12. The molecule has 1 aromatic heterocycles. The molecule has 2 N–H and O–H groups in total. The second kappa shape index (κ2) is 5.10. The van der Waals surface area contributed by atoms with Gasteiger partial charge in [-0.3, -0.25) is 4.79 Å². The molecule has 0 saturated heterocycles. The third kappa shape index (κ3) is 2.42. The van der Waals surface area contributed by atoms with E-state index in [-0.39, 0.29) is 5.82 Å². The van der Waals surface area contributed by atoms with Crippen LogP contribution in [0.3, 0.4) is 0 Å². The number of nitrogens with zero attached hydrogens (tertiary/aromatic N) is 1. The molecule has 0 fully saturated rings. The summed E-state index contributed by atoms with van der Waals surface area (Å²) in [5.74, 6) is 0.984. The van der Waals surface area contributed by atoms with Gasteiger partial charge in [0.25, 0.3) is 0 Å². The molecular formula is C15H16N2O2. The first kappa shape index (κ1) is 13.1. The highest BCUT2D eigenvalue weighted by atomic mass is 16.5. The molecule has 0 radical (unpaired) electrons. The van der Waals surface area contributed by atoms with E-state index in [1.165, 1.54) is 0 Å². The van der Waals surface area contributed by atoms with Crippen LogP contribution in [0.15, 0.2) is 24.3 Å². The van der Waals surface area contributed by atoms with Crippen LogP contribution < -0.4 is 10.5 Å². The molecule has 4 heteroatoms. The molecule has 0 amide bonds. The van der Waals surface area contributed by atoms with E-state index >= 15 is 0 Å². The van der Waals surface area contributed by atoms with Crippen molar-refractivity contribution in [2.75, 3.05) is 12.8 Å². The molecule has 0 unspecified atom stereocenters. The van der Waals surface area contributed by atoms with Gasteiger partial charge in [0.05, 0.1) is 18.4 Å². The minimum absolute atomic E-state index is 0.231. The number of ether oxygens (including phenoxy) is 1. The standard InChI is InChI=1S/C15H16N2O2/c1-9-6-10(2)14(13(7-9)19-3)12-5-4-11(8-18)15(16)17-12/h4-8H,1-3H3,(H2,16,17). The van der Waals surface area contributed by atoms with Crippen molar-refractivity contribution in [2.45, 2.75) is 13.8 Å². The van der Waals surface area contributed by atoms with Gasteiger partial charge in [-0.15, -0.1) is 0 Å². The van der Waals surface area contributed by atoms with Crippen LogP contribution in [0.4, 0.5) is 5.82 Å². The van der Waals surface area contributed by atoms with Crippen molar-refractivity contribution in [3.05, 3.63) is 41.0 Å². The number of anilines is 1. The van der Waals surface area contributed by atoms with Crippen LogP contribution in [-0.2, 0) is 0 Å². The number of pyridine rings is 1. The fourth-order valence-corrected chi connectivity index (χ4v) is 2.14. The molecule has 2 aromatic rings. The number of carbonyl (C=O) groups excluding carboxylic acids is 1. The van der Waals surface area contributed by atoms with Gasteiger partial charge in [-0.05, 0) is 43.2 Å². The second-order valence-electron chi connectivity index (χ2n) is 4.45. The number of aromatic nitrogens is 1. The Labute approximate surface area is 112 Å². The Balaban J connectivity index is 2.64. The molecule has 0 atom stereocenters. The van der Waals surface area contributed by atoms with Gasteiger partial charge in [-0.2, -0.15) is 0 Å². The lowest BCUT2D eigenvalue weighted by Crippen LogP contribution is -2.00. The van der Waals surface area contributed by atoms with Gasteiger partial charge < -0.3 is 10.5 Å². The molecule has 4 nitrogen and oxygen atoms in total. The van der Waals surface area contributed by atoms with Crippen LogP contribution >= 0.6 is 0 Å². The monoisotopic (exact) mass is 256 g/mol. The van der Waals surface area contributed by atoms with E-state index in [1.807, 2.05) is 19.9 Å². The first-order chi connectivity index (χ1) is 9.06. The summed E-state index contributed by atoms with van der Waals surface area (Å²) in [6.07, 6.45) is 0.700. The summed E-state index contributed by atoms with van der Waals surface area (Å²) in [4.78, 5) is 15.0. The van der Waals surface area contributed by atoms with Crippen LogP contribution in [0, 0.1) is 13.8 Å². The molecule has 1 heterocycles. The largest absolute Gasteiger partial charge is 0.496 e. The SMILES string of the molecule is COc1cc(C)cc(C)c1-c1ccc(C=O)c(N)n1. The van der Waals surface area contributed by atoms with E-state index in [0.29, 0.717) is 17.5 Å². The van der Waals surface area contributed by atoms with Crippen molar-refractivity contribution in [3.8, 4) is 17.0 Å². The minimum atomic E-state index is 0.231. The van der Waals surface area contributed by atoms with Crippen molar-refractivity contribution >= 4 is 12.1 Å². The predicted molar refractivity (Wildman–Crippen MR) is 75.5 cm³/mol. The number of nitrogen functional groups attached to an aromatic ring is 1. The fraction of sp³-hybridized carbons (Fsp3) is 0.200. The zero-order valence-electron chi connectivity index (χ0n) is 11.2. The number of rotatable bonds is 3. The maximum Gasteiger partial charge on any atom is 0.153 e. The summed E-state index contributed by atoms with van der Waals surface area (Å²) in [5.41, 5.74) is 9.94. The van der Waals surface area contributed by atoms with Gasteiger partial charge >= 0.3 is 0 Å². The lowest BCUT2D eigenvalue weighted by Gasteiger charge is -2.13. The van der Waals surface area contributed by atoms with E-state index in [2.05, 4.69) is 11.1 Å². The number of aldehydes is 1. The lowest BCUT2D eigenvalue weighted by atomic mass is 10.0. The van der Waals surface area contributed by atoms with E-state index in [0.717, 1.165) is 22.4 Å². The maximum atomic E-state index is 10.8. The normalized spacial score (nSPS) is 10.3. The van der Waals surface area contributed by atoms with Crippen molar-refractivity contribution in [1.82, 2.24) is 4.98 Å². The van der Waals surface area contributed by atoms with Crippen LogP contribution in [0.25, 0.3) is 11.3 Å². The van der Waals surface area contributed by atoms with Crippen LogP contribution in [0.5, 0.6) is 5.75 Å². The maximum absolute atomic E-state index is 10.8. The minimum Gasteiger partial charge on any atom is -0.496 e. The molecule has 19 heavy (non-hydrogen) atoms. The average Bonchev–Trinajstić information content (AvgIpc) is 2.37. The highest BCUT2D eigenvalue weighted by molar-refractivity contribution is 5.83. The summed E-state index contributed by atoms with van der Waals surface area (Å²) < 4.78 is 5.41. The smallest absolute Gasteiger partial charge is 0.153 e. The van der Waals surface area contributed by atoms with Gasteiger partial charge in [-0.1, -0.05) is 6.07 Å². The Kier molecular flexibility index (Phi) is 3.51. The first-order valence-corrected chi connectivity index (χ1v) is 5.94. The fourth-order valence-electron chi connectivity index (χ4n) is 2.14. The topological polar surface area (TPSA) is 65.2 Å². The van der Waals surface area contributed by atoms with Crippen molar-refractivity contribution in [2.24, 2.45) is 0 Å². The van der Waals surface area contributed by atoms with Crippen molar-refractivity contribution in [1.29, 1.82) is 0 Å². The van der Waals surface area contributed by atoms with Gasteiger partial charge in [0.2, 0.25) is 0 Å². The number of hydrogen-bond acceptors (Lipinski definition) is 4. The summed E-state index contributed by atoms with van der Waals surface area (Å²) in [7, 11) is 1.63.